The number of aliphatic carboxylic acids is 1. The van der Waals surface area contributed by atoms with Crippen LogP contribution in [-0.4, -0.2) is 30.2 Å². The molecule has 0 fully saturated rings. The molecule has 8 heteroatoms. The van der Waals surface area contributed by atoms with Crippen molar-refractivity contribution >= 4 is 38.3 Å². The summed E-state index contributed by atoms with van der Waals surface area (Å²) in [5.74, 6) is -3.81. The third-order valence-corrected chi connectivity index (χ3v) is 6.23. The smallest absolute Gasteiger partial charge is 0.304 e. The van der Waals surface area contributed by atoms with E-state index in [4.69, 9.17) is 18.5 Å². The number of aromatic nitrogens is 1. The van der Waals surface area contributed by atoms with Crippen molar-refractivity contribution in [3.8, 4) is 0 Å². The normalized spacial score (nSPS) is 19.8. The van der Waals surface area contributed by atoms with E-state index in [1.165, 1.54) is 4.57 Å². The van der Waals surface area contributed by atoms with Gasteiger partial charge in [-0.05, 0) is 48.2 Å². The average molecular weight is 441 g/mol. The van der Waals surface area contributed by atoms with Crippen LogP contribution in [0.25, 0.3) is 10.9 Å². The molecule has 0 saturated heterocycles. The minimum atomic E-state index is -5.00. The van der Waals surface area contributed by atoms with E-state index in [-0.39, 0.29) is 36.0 Å². The Morgan fingerprint density at radius 2 is 2.10 bits per heavy atom. The number of carboxylic acid groups (broad SMARTS) is 1. The zero-order chi connectivity index (χ0) is 25.2. The van der Waals surface area contributed by atoms with E-state index in [2.05, 4.69) is 0 Å². The first-order valence-corrected chi connectivity index (χ1v) is 10.6. The summed E-state index contributed by atoms with van der Waals surface area (Å²) >= 11 is 5.95. The summed E-state index contributed by atoms with van der Waals surface area (Å²) in [7, 11) is -5.00. The summed E-state index contributed by atoms with van der Waals surface area (Å²) < 4.78 is 80.7. The van der Waals surface area contributed by atoms with Gasteiger partial charge in [-0.1, -0.05) is 23.7 Å². The van der Waals surface area contributed by atoms with E-state index >= 15 is 0 Å². The van der Waals surface area contributed by atoms with E-state index in [0.717, 1.165) is 6.07 Å². The SMILES string of the molecule is [2H]C([2H])(C(=O)O)[C@H]1CCc2c1n(Cc1ccc(Cl)cc1)c1c(S(=O)(=O)C([2H])([2H])[2H])cc(F)cc21. The highest BCUT2D eigenvalue weighted by atomic mass is 35.5. The van der Waals surface area contributed by atoms with Gasteiger partial charge in [0.25, 0.3) is 0 Å². The summed E-state index contributed by atoms with van der Waals surface area (Å²) in [4.78, 5) is 11.0. The number of sulfone groups is 1. The number of hydrogen-bond acceptors (Lipinski definition) is 3. The molecule has 29 heavy (non-hydrogen) atoms. The molecule has 1 aliphatic carbocycles. The lowest BCUT2D eigenvalue weighted by Crippen LogP contribution is -2.12. The number of carbonyl (C=O) groups is 1. The molecule has 4 rings (SSSR count). The van der Waals surface area contributed by atoms with Gasteiger partial charge in [0, 0.05) is 41.6 Å². The molecule has 0 saturated carbocycles. The predicted molar refractivity (Wildman–Crippen MR) is 109 cm³/mol. The van der Waals surface area contributed by atoms with Crippen LogP contribution in [0.1, 0.15) is 42.4 Å². The first-order chi connectivity index (χ1) is 15.7. The van der Waals surface area contributed by atoms with Gasteiger partial charge >= 0.3 is 5.97 Å². The lowest BCUT2D eigenvalue weighted by atomic mass is 10.0. The van der Waals surface area contributed by atoms with Crippen molar-refractivity contribution in [3.05, 3.63) is 64.1 Å². The molecular formula is C21H19ClFNO4S. The van der Waals surface area contributed by atoms with Gasteiger partial charge in [-0.25, -0.2) is 12.8 Å². The lowest BCUT2D eigenvalue weighted by molar-refractivity contribution is -0.137. The summed E-state index contributed by atoms with van der Waals surface area (Å²) in [5.41, 5.74) is 1.14. The largest absolute Gasteiger partial charge is 0.481 e. The predicted octanol–water partition coefficient (Wildman–Crippen LogP) is 4.39. The Kier molecular flexibility index (Phi) is 3.59. The average Bonchev–Trinajstić information content (AvgIpc) is 3.28. The Morgan fingerprint density at radius 3 is 2.76 bits per heavy atom. The molecule has 0 unspecified atom stereocenters. The van der Waals surface area contributed by atoms with E-state index in [0.29, 0.717) is 22.2 Å². The van der Waals surface area contributed by atoms with E-state index in [1.807, 2.05) is 0 Å². The maximum Gasteiger partial charge on any atom is 0.304 e. The van der Waals surface area contributed by atoms with Crippen molar-refractivity contribution in [1.29, 1.82) is 0 Å². The highest BCUT2D eigenvalue weighted by Crippen LogP contribution is 2.44. The fraction of sp³-hybridized carbons (Fsp3) is 0.286. The molecule has 0 spiro atoms. The van der Waals surface area contributed by atoms with Gasteiger partial charge in [-0.2, -0.15) is 0 Å². The topological polar surface area (TPSA) is 76.4 Å². The van der Waals surface area contributed by atoms with Crippen LogP contribution in [0.3, 0.4) is 0 Å². The molecule has 2 aromatic carbocycles. The zero-order valence-corrected chi connectivity index (χ0v) is 16.5. The van der Waals surface area contributed by atoms with Crippen LogP contribution in [0, 0.1) is 5.82 Å². The van der Waals surface area contributed by atoms with E-state index < -0.39 is 45.0 Å². The van der Waals surface area contributed by atoms with Gasteiger partial charge in [0.2, 0.25) is 0 Å². The molecule has 5 nitrogen and oxygen atoms in total. The van der Waals surface area contributed by atoms with Gasteiger partial charge in [0.1, 0.15) is 5.82 Å². The van der Waals surface area contributed by atoms with Gasteiger partial charge in [0.05, 0.1) is 16.8 Å². The Balaban J connectivity index is 2.10. The molecule has 1 atom stereocenters. The second-order valence-corrected chi connectivity index (χ2v) is 8.80. The number of rotatable bonds is 5. The first-order valence-electron chi connectivity index (χ1n) is 11.2. The van der Waals surface area contributed by atoms with Crippen LogP contribution < -0.4 is 0 Å². The Morgan fingerprint density at radius 1 is 1.38 bits per heavy atom. The third-order valence-electron chi connectivity index (χ3n) is 5.09. The monoisotopic (exact) mass is 440 g/mol. The molecule has 0 amide bonds. The highest BCUT2D eigenvalue weighted by molar-refractivity contribution is 7.91. The Labute approximate surface area is 179 Å². The van der Waals surface area contributed by atoms with Crippen molar-refractivity contribution in [1.82, 2.24) is 4.57 Å². The summed E-state index contributed by atoms with van der Waals surface area (Å²) in [6.07, 6.45) is -5.88. The molecule has 3 aromatic rings. The summed E-state index contributed by atoms with van der Waals surface area (Å²) in [5, 5.41) is 10.1. The van der Waals surface area contributed by atoms with Crippen molar-refractivity contribution < 1.29 is 29.6 Å². The van der Waals surface area contributed by atoms with Crippen molar-refractivity contribution in [2.75, 3.05) is 6.18 Å². The third kappa shape index (κ3) is 3.65. The maximum atomic E-state index is 14.6. The molecule has 0 bridgehead atoms. The number of benzene rings is 2. The number of fused-ring (bicyclic) bond motifs is 3. The van der Waals surface area contributed by atoms with Gasteiger partial charge in [0.15, 0.2) is 9.84 Å². The summed E-state index contributed by atoms with van der Waals surface area (Å²) in [6.45, 7) is -0.0373. The number of carboxylic acids is 1. The fourth-order valence-corrected chi connectivity index (χ4v) is 4.89. The number of aryl methyl sites for hydroxylation is 1. The molecule has 1 aromatic heterocycles. The molecular weight excluding hydrogens is 417 g/mol. The molecule has 1 aliphatic rings. The first kappa shape index (κ1) is 14.6. The van der Waals surface area contributed by atoms with Crippen molar-refractivity contribution in [2.24, 2.45) is 0 Å². The quantitative estimate of drug-likeness (QED) is 0.638. The lowest BCUT2D eigenvalue weighted by Gasteiger charge is -2.17. The highest BCUT2D eigenvalue weighted by Gasteiger charge is 2.33. The van der Waals surface area contributed by atoms with E-state index in [1.54, 1.807) is 24.3 Å². The minimum absolute atomic E-state index is 0.0373. The van der Waals surface area contributed by atoms with E-state index in [9.17, 15) is 22.7 Å². The van der Waals surface area contributed by atoms with Crippen LogP contribution in [0.4, 0.5) is 4.39 Å². The standard InChI is InChI=1S/C21H19ClFNO4S/c1-29(27,28)18-10-15(23)9-17-16-7-4-13(8-19(25)26)20(16)24(21(17)18)11-12-2-5-14(22)6-3-12/h2-3,5-6,9-10,13H,4,7-8,11H2,1H3,(H,25,26)/t13-/m1/s1/i1D3,8D2. The molecule has 0 radical (unpaired) electrons. The van der Waals surface area contributed by atoms with Gasteiger partial charge < -0.3 is 9.67 Å². The minimum Gasteiger partial charge on any atom is -0.481 e. The second kappa shape index (κ2) is 7.15. The molecule has 1 N–H and O–H groups in total. The Bertz CT molecular complexity index is 1420. The van der Waals surface area contributed by atoms with Crippen molar-refractivity contribution in [2.45, 2.75) is 36.6 Å². The molecule has 1 heterocycles. The zero-order valence-electron chi connectivity index (χ0n) is 19.9. The van der Waals surface area contributed by atoms with Crippen molar-refractivity contribution in [3.63, 3.8) is 0 Å². The molecule has 0 aliphatic heterocycles. The fourth-order valence-electron chi connectivity index (χ4n) is 4.02. The number of hydrogen-bond donors (Lipinski definition) is 1. The number of halogens is 2. The Hall–Kier alpha value is -2.38. The summed E-state index contributed by atoms with van der Waals surface area (Å²) in [6, 6.07) is 8.20. The molecule has 152 valence electrons. The maximum absolute atomic E-state index is 14.6. The van der Waals surface area contributed by atoms with Gasteiger partial charge in [-0.3, -0.25) is 4.79 Å². The van der Waals surface area contributed by atoms with Crippen LogP contribution in [-0.2, 0) is 27.6 Å². The van der Waals surface area contributed by atoms with Crippen LogP contribution in [0.15, 0.2) is 41.3 Å². The van der Waals surface area contributed by atoms with Crippen LogP contribution >= 0.6 is 11.6 Å². The number of nitrogens with zero attached hydrogens (tertiary/aromatic N) is 1. The van der Waals surface area contributed by atoms with Gasteiger partial charge in [-0.15, -0.1) is 0 Å². The van der Waals surface area contributed by atoms with Crippen LogP contribution in [0.2, 0.25) is 5.02 Å². The second-order valence-electron chi connectivity index (χ2n) is 6.92. The van der Waals surface area contributed by atoms with Crippen LogP contribution in [0.5, 0.6) is 0 Å².